The largest absolute Gasteiger partial charge is 0.388 e. The first kappa shape index (κ1) is 11.0. The van der Waals surface area contributed by atoms with Gasteiger partial charge in [0.25, 0.3) is 0 Å². The van der Waals surface area contributed by atoms with Gasteiger partial charge in [-0.3, -0.25) is 0 Å². The molecule has 0 bridgehead atoms. The second-order valence-corrected chi connectivity index (χ2v) is 3.35. The fourth-order valence-corrected chi connectivity index (χ4v) is 0.605. The molecule has 12 heavy (non-hydrogen) atoms. The molecule has 1 nitrogen and oxygen atoms in total. The third-order valence-corrected chi connectivity index (χ3v) is 1.06. The van der Waals surface area contributed by atoms with Crippen LogP contribution in [0.1, 0.15) is 20.8 Å². The molecule has 0 aliphatic carbocycles. The molecular weight excluding hydrogens is 146 g/mol. The molecule has 1 N–H and O–H groups in total. The zero-order chi connectivity index (χ0) is 9.40. The van der Waals surface area contributed by atoms with E-state index in [0.717, 1.165) is 11.6 Å². The van der Waals surface area contributed by atoms with Crippen LogP contribution >= 0.6 is 0 Å². The molecule has 0 saturated heterocycles. The van der Waals surface area contributed by atoms with Crippen LogP contribution in [-0.2, 0) is 0 Å². The molecule has 0 aromatic heterocycles. The van der Waals surface area contributed by atoms with E-state index < -0.39 is 0 Å². The van der Waals surface area contributed by atoms with Crippen LogP contribution in [0.15, 0.2) is 30.3 Å². The van der Waals surface area contributed by atoms with Gasteiger partial charge >= 0.3 is 0 Å². The highest BCUT2D eigenvalue weighted by atomic mass is 14.8. The van der Waals surface area contributed by atoms with Crippen molar-refractivity contribution in [2.45, 2.75) is 20.8 Å². The van der Waals surface area contributed by atoms with Gasteiger partial charge in [-0.2, -0.15) is 0 Å². The fraction of sp³-hybridized carbons (Fsp3) is 0.455. The lowest BCUT2D eigenvalue weighted by molar-refractivity contribution is 0.737. The molecule has 0 aliphatic rings. The molecule has 0 spiro atoms. The van der Waals surface area contributed by atoms with Crippen LogP contribution in [0.4, 0.5) is 5.69 Å². The van der Waals surface area contributed by atoms with Gasteiger partial charge in [0.1, 0.15) is 0 Å². The van der Waals surface area contributed by atoms with E-state index in [-0.39, 0.29) is 0 Å². The second kappa shape index (κ2) is 6.71. The number of anilines is 1. The molecule has 0 amide bonds. The standard InChI is InChI=1S/C7H9N.C4H10/c1-8-7-5-3-2-4-6-7;1-4(2)3/h2-6,8H,1H3;4H,1-3H3. The van der Waals surface area contributed by atoms with E-state index in [9.17, 15) is 0 Å². The zero-order valence-electron chi connectivity index (χ0n) is 8.46. The van der Waals surface area contributed by atoms with Gasteiger partial charge in [0.2, 0.25) is 0 Å². The molecule has 0 atom stereocenters. The Balaban J connectivity index is 0.000000261. The highest BCUT2D eigenvalue weighted by molar-refractivity contribution is 5.41. The number of hydrogen-bond acceptors (Lipinski definition) is 1. The Bertz CT molecular complexity index is 177. The van der Waals surface area contributed by atoms with Gasteiger partial charge in [0.15, 0.2) is 0 Å². The van der Waals surface area contributed by atoms with Gasteiger partial charge < -0.3 is 5.32 Å². The molecule has 1 rings (SSSR count). The van der Waals surface area contributed by atoms with E-state index in [4.69, 9.17) is 0 Å². The minimum Gasteiger partial charge on any atom is -0.388 e. The molecule has 1 aromatic rings. The maximum atomic E-state index is 3.03. The Morgan fingerprint density at radius 3 is 1.67 bits per heavy atom. The fourth-order valence-electron chi connectivity index (χ4n) is 0.605. The maximum Gasteiger partial charge on any atom is 0.0337 e. The van der Waals surface area contributed by atoms with E-state index in [1.54, 1.807) is 0 Å². The first-order valence-electron chi connectivity index (χ1n) is 4.39. The Hall–Kier alpha value is -0.980. The van der Waals surface area contributed by atoms with Crippen molar-refractivity contribution in [3.63, 3.8) is 0 Å². The summed E-state index contributed by atoms with van der Waals surface area (Å²) < 4.78 is 0. The number of rotatable bonds is 1. The third-order valence-electron chi connectivity index (χ3n) is 1.06. The van der Waals surface area contributed by atoms with Crippen LogP contribution in [0, 0.1) is 5.92 Å². The number of hydrogen-bond donors (Lipinski definition) is 1. The topological polar surface area (TPSA) is 12.0 Å². The van der Waals surface area contributed by atoms with Crippen molar-refractivity contribution in [1.29, 1.82) is 0 Å². The maximum absolute atomic E-state index is 3.03. The lowest BCUT2D eigenvalue weighted by atomic mass is 10.3. The Morgan fingerprint density at radius 1 is 1.00 bits per heavy atom. The summed E-state index contributed by atoms with van der Waals surface area (Å²) in [6.07, 6.45) is 0. The van der Waals surface area contributed by atoms with Crippen LogP contribution in [0.5, 0.6) is 0 Å². The van der Waals surface area contributed by atoms with E-state index in [0.29, 0.717) is 0 Å². The van der Waals surface area contributed by atoms with Gasteiger partial charge in [0.05, 0.1) is 0 Å². The quantitative estimate of drug-likeness (QED) is 0.672. The molecule has 0 radical (unpaired) electrons. The average molecular weight is 165 g/mol. The normalized spacial score (nSPS) is 8.75. The van der Waals surface area contributed by atoms with Crippen molar-refractivity contribution in [3.8, 4) is 0 Å². The lowest BCUT2D eigenvalue weighted by Crippen LogP contribution is -1.84. The van der Waals surface area contributed by atoms with Gasteiger partial charge in [-0.15, -0.1) is 0 Å². The molecule has 0 unspecified atom stereocenters. The van der Waals surface area contributed by atoms with Crippen molar-refractivity contribution in [3.05, 3.63) is 30.3 Å². The van der Waals surface area contributed by atoms with Crippen molar-refractivity contribution < 1.29 is 0 Å². The van der Waals surface area contributed by atoms with E-state index in [1.165, 1.54) is 0 Å². The van der Waals surface area contributed by atoms with Crippen LogP contribution in [0.2, 0.25) is 0 Å². The Morgan fingerprint density at radius 2 is 1.42 bits per heavy atom. The first-order valence-corrected chi connectivity index (χ1v) is 4.39. The van der Waals surface area contributed by atoms with Crippen molar-refractivity contribution in [2.24, 2.45) is 5.92 Å². The summed E-state index contributed by atoms with van der Waals surface area (Å²) >= 11 is 0. The van der Waals surface area contributed by atoms with Crippen molar-refractivity contribution in [1.82, 2.24) is 0 Å². The highest BCUT2D eigenvalue weighted by Gasteiger charge is 1.77. The summed E-state index contributed by atoms with van der Waals surface area (Å²) in [4.78, 5) is 0. The van der Waals surface area contributed by atoms with E-state index in [2.05, 4.69) is 26.1 Å². The minimum atomic E-state index is 0.833. The van der Waals surface area contributed by atoms with E-state index >= 15 is 0 Å². The predicted octanol–water partition coefficient (Wildman–Crippen LogP) is 3.39. The molecule has 0 heterocycles. The average Bonchev–Trinajstić information content (AvgIpc) is 2.05. The van der Waals surface area contributed by atoms with Gasteiger partial charge in [-0.1, -0.05) is 39.0 Å². The zero-order valence-corrected chi connectivity index (χ0v) is 8.46. The first-order chi connectivity index (χ1) is 5.66. The van der Waals surface area contributed by atoms with Gasteiger partial charge in [-0.05, 0) is 18.1 Å². The molecule has 0 saturated carbocycles. The molecule has 68 valence electrons. The second-order valence-electron chi connectivity index (χ2n) is 3.35. The molecule has 1 aromatic carbocycles. The molecule has 0 fully saturated rings. The van der Waals surface area contributed by atoms with Gasteiger partial charge in [0, 0.05) is 12.7 Å². The Kier molecular flexibility index (Phi) is 6.16. The van der Waals surface area contributed by atoms with Crippen LogP contribution in [0.3, 0.4) is 0 Å². The van der Waals surface area contributed by atoms with Crippen LogP contribution < -0.4 is 5.32 Å². The summed E-state index contributed by atoms with van der Waals surface area (Å²) in [7, 11) is 1.91. The molecule has 0 aliphatic heterocycles. The smallest absolute Gasteiger partial charge is 0.0337 e. The molecular formula is C11H19N. The summed E-state index contributed by atoms with van der Waals surface area (Å²) in [6.45, 7) is 6.50. The summed E-state index contributed by atoms with van der Waals surface area (Å²) in [5, 5.41) is 3.03. The number of para-hydroxylation sites is 1. The van der Waals surface area contributed by atoms with E-state index in [1.807, 2.05) is 37.4 Å². The monoisotopic (exact) mass is 165 g/mol. The number of nitrogens with one attached hydrogen (secondary N) is 1. The summed E-state index contributed by atoms with van der Waals surface area (Å²) in [5.74, 6) is 0.833. The highest BCUT2D eigenvalue weighted by Crippen LogP contribution is 2.01. The van der Waals surface area contributed by atoms with Crippen molar-refractivity contribution in [2.75, 3.05) is 12.4 Å². The van der Waals surface area contributed by atoms with Crippen LogP contribution in [0.25, 0.3) is 0 Å². The van der Waals surface area contributed by atoms with Gasteiger partial charge in [-0.25, -0.2) is 0 Å². The lowest BCUT2D eigenvalue weighted by Gasteiger charge is -1.94. The number of benzene rings is 1. The summed E-state index contributed by atoms with van der Waals surface area (Å²) in [6, 6.07) is 10.1. The third kappa shape index (κ3) is 7.13. The van der Waals surface area contributed by atoms with Crippen LogP contribution in [-0.4, -0.2) is 7.05 Å². The minimum absolute atomic E-state index is 0.833. The predicted molar refractivity (Wildman–Crippen MR) is 56.5 cm³/mol. The summed E-state index contributed by atoms with van der Waals surface area (Å²) in [5.41, 5.74) is 1.16. The Labute approximate surface area is 75.8 Å². The SMILES string of the molecule is CC(C)C.CNc1ccccc1. The molecule has 1 heteroatoms. The van der Waals surface area contributed by atoms with Crippen molar-refractivity contribution >= 4 is 5.69 Å².